The van der Waals surface area contributed by atoms with Gasteiger partial charge in [-0.2, -0.15) is 0 Å². The van der Waals surface area contributed by atoms with Crippen LogP contribution < -0.4 is 0 Å². The predicted molar refractivity (Wildman–Crippen MR) is 81.5 cm³/mol. The molecule has 0 amide bonds. The van der Waals surface area contributed by atoms with Gasteiger partial charge in [0.05, 0.1) is 0 Å². The molecular formula is C14H15N3S2. The van der Waals surface area contributed by atoms with Crippen molar-refractivity contribution >= 4 is 22.7 Å². The standard InChI is InChI=1S/C14H15N3S2/c1-8-5-6-9(2)17(8)14-16-15-13(19-14)12-7-10(3)18-11(12)4/h5-7H,1-4H3. The van der Waals surface area contributed by atoms with Gasteiger partial charge in [0.25, 0.3) is 0 Å². The van der Waals surface area contributed by atoms with E-state index < -0.39 is 0 Å². The summed E-state index contributed by atoms with van der Waals surface area (Å²) in [5, 5.41) is 10.6. The molecule has 3 nitrogen and oxygen atoms in total. The van der Waals surface area contributed by atoms with E-state index in [4.69, 9.17) is 0 Å². The molecule has 3 rings (SSSR count). The fraction of sp³-hybridized carbons (Fsp3) is 0.286. The van der Waals surface area contributed by atoms with Crippen molar-refractivity contribution in [2.45, 2.75) is 27.7 Å². The largest absolute Gasteiger partial charge is 0.293 e. The molecule has 19 heavy (non-hydrogen) atoms. The third-order valence-electron chi connectivity index (χ3n) is 3.15. The SMILES string of the molecule is Cc1cc(-c2nnc(-n3c(C)ccc3C)s2)c(C)s1. The Bertz CT molecular complexity index is 714. The number of hydrogen-bond donors (Lipinski definition) is 0. The normalized spacial score (nSPS) is 11.2. The van der Waals surface area contributed by atoms with Crippen LogP contribution in [0.15, 0.2) is 18.2 Å². The average molecular weight is 289 g/mol. The van der Waals surface area contributed by atoms with Gasteiger partial charge in [0.15, 0.2) is 5.01 Å². The number of thiophene rings is 1. The van der Waals surface area contributed by atoms with E-state index in [0.29, 0.717) is 0 Å². The Balaban J connectivity index is 2.07. The van der Waals surface area contributed by atoms with Crippen molar-refractivity contribution in [1.82, 2.24) is 14.8 Å². The first-order chi connectivity index (χ1) is 9.06. The fourth-order valence-electron chi connectivity index (χ4n) is 2.23. The van der Waals surface area contributed by atoms with Crippen LogP contribution in [0.3, 0.4) is 0 Å². The minimum Gasteiger partial charge on any atom is -0.293 e. The molecule has 5 heteroatoms. The zero-order valence-corrected chi connectivity index (χ0v) is 13.0. The molecule has 0 unspecified atom stereocenters. The second-order valence-electron chi connectivity index (χ2n) is 4.67. The highest BCUT2D eigenvalue weighted by Gasteiger charge is 2.14. The number of hydrogen-bond acceptors (Lipinski definition) is 4. The van der Waals surface area contributed by atoms with Gasteiger partial charge in [-0.3, -0.25) is 4.57 Å². The molecule has 0 saturated carbocycles. The van der Waals surface area contributed by atoms with Crippen LogP contribution in [0.4, 0.5) is 0 Å². The van der Waals surface area contributed by atoms with Crippen LogP contribution in [0, 0.1) is 27.7 Å². The number of aryl methyl sites for hydroxylation is 4. The summed E-state index contributed by atoms with van der Waals surface area (Å²) in [6.45, 7) is 8.45. The van der Waals surface area contributed by atoms with Gasteiger partial charge in [0, 0.05) is 26.7 Å². The topological polar surface area (TPSA) is 30.7 Å². The van der Waals surface area contributed by atoms with E-state index in [-0.39, 0.29) is 0 Å². The predicted octanol–water partition coefficient (Wildman–Crippen LogP) is 4.29. The van der Waals surface area contributed by atoms with Gasteiger partial charge in [-0.25, -0.2) is 0 Å². The second-order valence-corrected chi connectivity index (χ2v) is 7.08. The van der Waals surface area contributed by atoms with E-state index >= 15 is 0 Å². The van der Waals surface area contributed by atoms with E-state index in [2.05, 4.69) is 60.7 Å². The van der Waals surface area contributed by atoms with Gasteiger partial charge in [-0.05, 0) is 45.9 Å². The molecule has 0 fully saturated rings. The maximum Gasteiger partial charge on any atom is 0.217 e. The molecule has 0 radical (unpaired) electrons. The summed E-state index contributed by atoms with van der Waals surface area (Å²) in [4.78, 5) is 2.62. The Morgan fingerprint density at radius 1 is 0.947 bits per heavy atom. The summed E-state index contributed by atoms with van der Waals surface area (Å²) in [6, 6.07) is 6.41. The fourth-order valence-corrected chi connectivity index (χ4v) is 4.26. The summed E-state index contributed by atoms with van der Waals surface area (Å²) >= 11 is 3.46. The highest BCUT2D eigenvalue weighted by Crippen LogP contribution is 2.33. The lowest BCUT2D eigenvalue weighted by Gasteiger charge is -2.02. The summed E-state index contributed by atoms with van der Waals surface area (Å²) in [7, 11) is 0. The van der Waals surface area contributed by atoms with Crippen molar-refractivity contribution in [3.8, 4) is 15.7 Å². The Labute approximate surface area is 120 Å². The van der Waals surface area contributed by atoms with E-state index in [0.717, 1.165) is 10.1 Å². The molecule has 3 aromatic heterocycles. The third kappa shape index (κ3) is 2.13. The van der Waals surface area contributed by atoms with Crippen molar-refractivity contribution in [2.24, 2.45) is 0 Å². The highest BCUT2D eigenvalue weighted by atomic mass is 32.1. The minimum atomic E-state index is 0.943. The summed E-state index contributed by atoms with van der Waals surface area (Å²) in [5.74, 6) is 0. The van der Waals surface area contributed by atoms with Crippen molar-refractivity contribution in [3.63, 3.8) is 0 Å². The summed E-state index contributed by atoms with van der Waals surface area (Å²) in [6.07, 6.45) is 0. The number of nitrogens with zero attached hydrogens (tertiary/aromatic N) is 3. The molecule has 0 aliphatic carbocycles. The van der Waals surface area contributed by atoms with Gasteiger partial charge in [-0.1, -0.05) is 11.3 Å². The minimum absolute atomic E-state index is 0.943. The summed E-state index contributed by atoms with van der Waals surface area (Å²) in [5.41, 5.74) is 3.60. The van der Waals surface area contributed by atoms with Crippen LogP contribution in [0.2, 0.25) is 0 Å². The lowest BCUT2D eigenvalue weighted by Crippen LogP contribution is -1.97. The van der Waals surface area contributed by atoms with E-state index in [1.807, 2.05) is 11.3 Å². The van der Waals surface area contributed by atoms with Gasteiger partial charge in [0.1, 0.15) is 0 Å². The molecule has 0 aliphatic rings. The Hall–Kier alpha value is -1.46. The second kappa shape index (κ2) is 4.58. The van der Waals surface area contributed by atoms with E-state index in [1.54, 1.807) is 11.3 Å². The molecule has 0 atom stereocenters. The van der Waals surface area contributed by atoms with Gasteiger partial charge in [0.2, 0.25) is 5.13 Å². The molecule has 3 heterocycles. The maximum absolute atomic E-state index is 4.35. The molecule has 0 N–H and O–H groups in total. The number of aromatic nitrogens is 3. The van der Waals surface area contributed by atoms with Crippen molar-refractivity contribution < 1.29 is 0 Å². The monoisotopic (exact) mass is 289 g/mol. The number of rotatable bonds is 2. The molecular weight excluding hydrogens is 274 g/mol. The summed E-state index contributed by atoms with van der Waals surface area (Å²) < 4.78 is 2.15. The van der Waals surface area contributed by atoms with Crippen molar-refractivity contribution in [2.75, 3.05) is 0 Å². The Morgan fingerprint density at radius 3 is 2.21 bits per heavy atom. The molecule has 0 saturated heterocycles. The molecule has 3 aromatic rings. The molecule has 0 bridgehead atoms. The van der Waals surface area contributed by atoms with Gasteiger partial charge in [-0.15, -0.1) is 21.5 Å². The van der Waals surface area contributed by atoms with Gasteiger partial charge < -0.3 is 0 Å². The Morgan fingerprint density at radius 2 is 1.63 bits per heavy atom. The van der Waals surface area contributed by atoms with E-state index in [1.165, 1.54) is 26.7 Å². The zero-order chi connectivity index (χ0) is 13.6. The van der Waals surface area contributed by atoms with Crippen LogP contribution in [0.5, 0.6) is 0 Å². The molecule has 0 aromatic carbocycles. The first kappa shape index (κ1) is 12.6. The smallest absolute Gasteiger partial charge is 0.217 e. The first-order valence-electron chi connectivity index (χ1n) is 6.12. The van der Waals surface area contributed by atoms with Crippen LogP contribution in [-0.2, 0) is 0 Å². The average Bonchev–Trinajstić information content (AvgIpc) is 3.00. The van der Waals surface area contributed by atoms with Crippen molar-refractivity contribution in [3.05, 3.63) is 39.3 Å². The maximum atomic E-state index is 4.35. The highest BCUT2D eigenvalue weighted by molar-refractivity contribution is 7.18. The first-order valence-corrected chi connectivity index (χ1v) is 7.76. The lowest BCUT2D eigenvalue weighted by atomic mass is 10.3. The van der Waals surface area contributed by atoms with E-state index in [9.17, 15) is 0 Å². The molecule has 0 spiro atoms. The Kier molecular flexibility index (Phi) is 3.03. The third-order valence-corrected chi connectivity index (χ3v) is 5.06. The van der Waals surface area contributed by atoms with Crippen LogP contribution in [0.25, 0.3) is 15.7 Å². The van der Waals surface area contributed by atoms with Gasteiger partial charge >= 0.3 is 0 Å². The molecule has 98 valence electrons. The zero-order valence-electron chi connectivity index (χ0n) is 11.4. The van der Waals surface area contributed by atoms with Crippen LogP contribution in [-0.4, -0.2) is 14.8 Å². The van der Waals surface area contributed by atoms with Crippen LogP contribution >= 0.6 is 22.7 Å². The quantitative estimate of drug-likeness (QED) is 0.704. The lowest BCUT2D eigenvalue weighted by molar-refractivity contribution is 0.913. The molecule has 0 aliphatic heterocycles. The van der Waals surface area contributed by atoms with Crippen molar-refractivity contribution in [1.29, 1.82) is 0 Å². The van der Waals surface area contributed by atoms with Crippen LogP contribution in [0.1, 0.15) is 21.1 Å².